The first kappa shape index (κ1) is 13.6. The van der Waals surface area contributed by atoms with Gasteiger partial charge in [-0.05, 0) is 33.2 Å². The van der Waals surface area contributed by atoms with Gasteiger partial charge in [-0.2, -0.15) is 0 Å². The fourth-order valence-corrected chi connectivity index (χ4v) is 3.46. The van der Waals surface area contributed by atoms with Gasteiger partial charge in [0.2, 0.25) is 10.0 Å². The van der Waals surface area contributed by atoms with Crippen molar-refractivity contribution in [3.05, 3.63) is 17.6 Å². The molecule has 0 amide bonds. The van der Waals surface area contributed by atoms with E-state index in [-0.39, 0.29) is 10.4 Å². The minimum atomic E-state index is -3.46. The Labute approximate surface area is 108 Å². The molecule has 0 saturated heterocycles. The Morgan fingerprint density at radius 1 is 1.44 bits per heavy atom. The summed E-state index contributed by atoms with van der Waals surface area (Å²) in [5.41, 5.74) is -0.260. The molecule has 0 radical (unpaired) electrons. The fourth-order valence-electron chi connectivity index (χ4n) is 1.80. The minimum absolute atomic E-state index is 0.253. The molecule has 2 N–H and O–H groups in total. The zero-order valence-corrected chi connectivity index (χ0v) is 11.9. The number of sulfonamides is 1. The first-order valence-electron chi connectivity index (χ1n) is 6.20. The number of nitrogens with one attached hydrogen (secondary N) is 2. The van der Waals surface area contributed by atoms with E-state index in [4.69, 9.17) is 4.42 Å². The average Bonchev–Trinajstić information content (AvgIpc) is 2.85. The first-order valence-corrected chi connectivity index (χ1v) is 7.69. The lowest BCUT2D eigenvalue weighted by Crippen LogP contribution is -2.34. The second-order valence-corrected chi connectivity index (χ2v) is 6.73. The van der Waals surface area contributed by atoms with E-state index < -0.39 is 10.0 Å². The molecule has 6 heteroatoms. The Morgan fingerprint density at radius 2 is 2.11 bits per heavy atom. The second kappa shape index (κ2) is 4.68. The van der Waals surface area contributed by atoms with Gasteiger partial charge in [0.1, 0.15) is 16.4 Å². The van der Waals surface area contributed by atoms with E-state index in [0.29, 0.717) is 18.1 Å². The molecule has 1 aromatic rings. The van der Waals surface area contributed by atoms with Crippen molar-refractivity contribution in [3.63, 3.8) is 0 Å². The quantitative estimate of drug-likeness (QED) is 0.824. The normalized spacial score (nSPS) is 17.9. The van der Waals surface area contributed by atoms with Gasteiger partial charge in [0.05, 0.1) is 6.54 Å². The zero-order valence-electron chi connectivity index (χ0n) is 11.0. The number of aryl methyl sites for hydroxylation is 1. The maximum Gasteiger partial charge on any atom is 0.244 e. The number of hydrogen-bond acceptors (Lipinski definition) is 4. The summed E-state index contributed by atoms with van der Waals surface area (Å²) < 4.78 is 32.6. The third-order valence-corrected chi connectivity index (χ3v) is 4.89. The van der Waals surface area contributed by atoms with Crippen molar-refractivity contribution in [2.24, 2.45) is 0 Å². The van der Waals surface area contributed by atoms with Crippen LogP contribution in [0.15, 0.2) is 15.4 Å². The molecule has 102 valence electrons. The van der Waals surface area contributed by atoms with Crippen molar-refractivity contribution in [1.82, 2.24) is 10.0 Å². The summed E-state index contributed by atoms with van der Waals surface area (Å²) in [7, 11) is -3.46. The Hall–Kier alpha value is -0.850. The highest BCUT2D eigenvalue weighted by Gasteiger charge is 2.42. The largest absolute Gasteiger partial charge is 0.464 e. The van der Waals surface area contributed by atoms with Crippen LogP contribution in [-0.4, -0.2) is 20.5 Å². The van der Waals surface area contributed by atoms with E-state index in [9.17, 15) is 8.42 Å². The summed E-state index contributed by atoms with van der Waals surface area (Å²) in [6.07, 6.45) is 1.79. The van der Waals surface area contributed by atoms with Crippen LogP contribution < -0.4 is 10.0 Å². The van der Waals surface area contributed by atoms with E-state index in [1.54, 1.807) is 13.0 Å². The molecule has 0 atom stereocenters. The highest BCUT2D eigenvalue weighted by molar-refractivity contribution is 7.89. The Bertz CT molecular complexity index is 530. The third kappa shape index (κ3) is 2.93. The minimum Gasteiger partial charge on any atom is -0.464 e. The van der Waals surface area contributed by atoms with Crippen LogP contribution in [-0.2, 0) is 16.6 Å². The second-order valence-electron chi connectivity index (χ2n) is 5.08. The van der Waals surface area contributed by atoms with Crippen LogP contribution in [0.4, 0.5) is 0 Å². The van der Waals surface area contributed by atoms with Crippen LogP contribution in [0.2, 0.25) is 0 Å². The predicted molar refractivity (Wildman–Crippen MR) is 68.8 cm³/mol. The van der Waals surface area contributed by atoms with Gasteiger partial charge < -0.3 is 9.73 Å². The van der Waals surface area contributed by atoms with Gasteiger partial charge in [0, 0.05) is 11.6 Å². The van der Waals surface area contributed by atoms with Crippen LogP contribution in [0, 0.1) is 6.92 Å². The van der Waals surface area contributed by atoms with Crippen molar-refractivity contribution in [2.45, 2.75) is 50.6 Å². The summed E-state index contributed by atoms with van der Waals surface area (Å²) in [5, 5.41) is 3.11. The van der Waals surface area contributed by atoms with Crippen LogP contribution in [0.5, 0.6) is 0 Å². The van der Waals surface area contributed by atoms with Gasteiger partial charge in [-0.1, -0.05) is 6.92 Å². The molecule has 1 fully saturated rings. The highest BCUT2D eigenvalue weighted by atomic mass is 32.2. The standard InChI is InChI=1S/C12H20N2O3S/c1-4-13-8-10-7-11(9(2)17-10)18(15,16)14-12(3)5-6-12/h7,13-14H,4-6,8H2,1-3H3. The lowest BCUT2D eigenvalue weighted by molar-refractivity contribution is 0.459. The molecular formula is C12H20N2O3S. The molecule has 0 aromatic carbocycles. The average molecular weight is 272 g/mol. The van der Waals surface area contributed by atoms with Crippen molar-refractivity contribution in [2.75, 3.05) is 6.54 Å². The number of rotatable bonds is 6. The summed E-state index contributed by atoms with van der Waals surface area (Å²) in [4.78, 5) is 0.253. The molecular weight excluding hydrogens is 252 g/mol. The number of furan rings is 1. The molecule has 18 heavy (non-hydrogen) atoms. The Balaban J connectivity index is 2.19. The summed E-state index contributed by atoms with van der Waals surface area (Å²) in [6.45, 7) is 6.95. The topological polar surface area (TPSA) is 71.3 Å². The van der Waals surface area contributed by atoms with E-state index >= 15 is 0 Å². The summed E-state index contributed by atoms with van der Waals surface area (Å²) in [6, 6.07) is 1.60. The van der Waals surface area contributed by atoms with Crippen molar-refractivity contribution >= 4 is 10.0 Å². The maximum absolute atomic E-state index is 12.2. The highest BCUT2D eigenvalue weighted by Crippen LogP contribution is 2.36. The predicted octanol–water partition coefficient (Wildman–Crippen LogP) is 1.53. The monoisotopic (exact) mass is 272 g/mol. The van der Waals surface area contributed by atoms with Crippen LogP contribution in [0.1, 0.15) is 38.2 Å². The van der Waals surface area contributed by atoms with E-state index in [0.717, 1.165) is 19.4 Å². The van der Waals surface area contributed by atoms with Gasteiger partial charge in [-0.3, -0.25) is 0 Å². The molecule has 0 bridgehead atoms. The van der Waals surface area contributed by atoms with Crippen molar-refractivity contribution < 1.29 is 12.8 Å². The molecule has 0 aliphatic heterocycles. The van der Waals surface area contributed by atoms with Crippen molar-refractivity contribution in [3.8, 4) is 0 Å². The summed E-state index contributed by atoms with van der Waals surface area (Å²) in [5.74, 6) is 1.09. The molecule has 1 aliphatic rings. The van der Waals surface area contributed by atoms with Crippen LogP contribution in [0.25, 0.3) is 0 Å². The van der Waals surface area contributed by atoms with Gasteiger partial charge in [0.15, 0.2) is 0 Å². The van der Waals surface area contributed by atoms with E-state index in [1.165, 1.54) is 0 Å². The lowest BCUT2D eigenvalue weighted by Gasteiger charge is -2.10. The van der Waals surface area contributed by atoms with E-state index in [2.05, 4.69) is 10.0 Å². The van der Waals surface area contributed by atoms with Crippen LogP contribution >= 0.6 is 0 Å². The van der Waals surface area contributed by atoms with Gasteiger partial charge in [-0.15, -0.1) is 0 Å². The molecule has 1 aromatic heterocycles. The maximum atomic E-state index is 12.2. The fraction of sp³-hybridized carbons (Fsp3) is 0.667. The van der Waals surface area contributed by atoms with E-state index in [1.807, 2.05) is 13.8 Å². The third-order valence-electron chi connectivity index (χ3n) is 3.14. The summed E-state index contributed by atoms with van der Waals surface area (Å²) >= 11 is 0. The van der Waals surface area contributed by atoms with Gasteiger partial charge in [0.25, 0.3) is 0 Å². The molecule has 1 aliphatic carbocycles. The molecule has 1 saturated carbocycles. The van der Waals surface area contributed by atoms with Gasteiger partial charge in [-0.25, -0.2) is 13.1 Å². The molecule has 1 heterocycles. The van der Waals surface area contributed by atoms with Crippen molar-refractivity contribution in [1.29, 1.82) is 0 Å². The SMILES string of the molecule is CCNCc1cc(S(=O)(=O)NC2(C)CC2)c(C)o1. The molecule has 5 nitrogen and oxygen atoms in total. The first-order chi connectivity index (χ1) is 8.36. The molecule has 2 rings (SSSR count). The zero-order chi connectivity index (χ0) is 13.4. The Kier molecular flexibility index (Phi) is 3.53. The molecule has 0 unspecified atom stereocenters. The van der Waals surface area contributed by atoms with Gasteiger partial charge >= 0.3 is 0 Å². The smallest absolute Gasteiger partial charge is 0.244 e. The lowest BCUT2D eigenvalue weighted by atomic mass is 10.4. The molecule has 0 spiro atoms. The number of hydrogen-bond donors (Lipinski definition) is 2. The Morgan fingerprint density at radius 3 is 2.67 bits per heavy atom. The van der Waals surface area contributed by atoms with Crippen LogP contribution in [0.3, 0.4) is 0 Å².